The summed E-state index contributed by atoms with van der Waals surface area (Å²) in [6, 6.07) is -0.133. The van der Waals surface area contributed by atoms with Crippen molar-refractivity contribution in [3.63, 3.8) is 0 Å². The average Bonchev–Trinajstić information content (AvgIpc) is 2.60. The summed E-state index contributed by atoms with van der Waals surface area (Å²) in [4.78, 5) is 24.7. The quantitative estimate of drug-likeness (QED) is 0.548. The van der Waals surface area contributed by atoms with Crippen molar-refractivity contribution in [3.8, 4) is 0 Å². The van der Waals surface area contributed by atoms with Crippen LogP contribution in [0.1, 0.15) is 6.42 Å². The minimum absolute atomic E-state index is 0.00407. The molecule has 1 heterocycles. The molecule has 1 atom stereocenters. The molecule has 0 radical (unpaired) electrons. The van der Waals surface area contributed by atoms with Crippen molar-refractivity contribution in [2.45, 2.75) is 12.5 Å². The standard InChI is InChI=1S/C10H19N3O3/c1-11-8-3-5-13(10(8)15)7-9(14)12-4-6-16-2/h8,11H,3-7H2,1-2H3,(H,12,14). The number of nitrogens with zero attached hydrogens (tertiary/aromatic N) is 1. The van der Waals surface area contributed by atoms with E-state index in [0.29, 0.717) is 19.7 Å². The molecular weight excluding hydrogens is 210 g/mol. The van der Waals surface area contributed by atoms with Crippen LogP contribution in [0, 0.1) is 0 Å². The second-order valence-corrected chi connectivity index (χ2v) is 3.73. The second-order valence-electron chi connectivity index (χ2n) is 3.73. The molecule has 2 amide bonds. The van der Waals surface area contributed by atoms with Crippen molar-refractivity contribution in [1.82, 2.24) is 15.5 Å². The maximum atomic E-state index is 11.7. The highest BCUT2D eigenvalue weighted by molar-refractivity contribution is 5.88. The summed E-state index contributed by atoms with van der Waals surface area (Å²) in [5.41, 5.74) is 0. The van der Waals surface area contributed by atoms with Crippen molar-refractivity contribution in [2.24, 2.45) is 0 Å². The second kappa shape index (κ2) is 6.44. The van der Waals surface area contributed by atoms with Gasteiger partial charge in [0.25, 0.3) is 0 Å². The molecule has 0 bridgehead atoms. The molecule has 1 unspecified atom stereocenters. The topological polar surface area (TPSA) is 70.7 Å². The van der Waals surface area contributed by atoms with Crippen LogP contribution in [-0.4, -0.2) is 63.2 Å². The van der Waals surface area contributed by atoms with Gasteiger partial charge in [0, 0.05) is 20.2 Å². The van der Waals surface area contributed by atoms with E-state index in [0.717, 1.165) is 6.42 Å². The molecule has 0 saturated carbocycles. The zero-order chi connectivity index (χ0) is 12.0. The molecule has 0 aliphatic carbocycles. The molecule has 1 aliphatic rings. The minimum atomic E-state index is -0.137. The van der Waals surface area contributed by atoms with Crippen LogP contribution in [0.5, 0.6) is 0 Å². The minimum Gasteiger partial charge on any atom is -0.383 e. The summed E-state index contributed by atoms with van der Waals surface area (Å²) in [7, 11) is 3.33. The number of methoxy groups -OCH3 is 1. The Bertz CT molecular complexity index is 258. The van der Waals surface area contributed by atoms with Crippen LogP contribution in [0.4, 0.5) is 0 Å². The largest absolute Gasteiger partial charge is 0.383 e. The lowest BCUT2D eigenvalue weighted by atomic mass is 10.3. The summed E-state index contributed by atoms with van der Waals surface area (Å²) in [5.74, 6) is -0.133. The van der Waals surface area contributed by atoms with Crippen LogP contribution in [-0.2, 0) is 14.3 Å². The van der Waals surface area contributed by atoms with Gasteiger partial charge in [-0.2, -0.15) is 0 Å². The van der Waals surface area contributed by atoms with Gasteiger partial charge in [0.15, 0.2) is 0 Å². The molecule has 0 aromatic carbocycles. The molecule has 1 saturated heterocycles. The molecule has 0 spiro atoms. The first kappa shape index (κ1) is 12.9. The van der Waals surface area contributed by atoms with E-state index in [4.69, 9.17) is 4.74 Å². The molecule has 16 heavy (non-hydrogen) atoms. The van der Waals surface area contributed by atoms with Crippen molar-refractivity contribution in [1.29, 1.82) is 0 Å². The van der Waals surface area contributed by atoms with Crippen LogP contribution >= 0.6 is 0 Å². The summed E-state index contributed by atoms with van der Waals surface area (Å²) in [6.45, 7) is 1.74. The summed E-state index contributed by atoms with van der Waals surface area (Å²) in [6.07, 6.45) is 0.765. The first-order valence-electron chi connectivity index (χ1n) is 5.40. The molecule has 0 aromatic rings. The van der Waals surface area contributed by atoms with Crippen molar-refractivity contribution < 1.29 is 14.3 Å². The van der Waals surface area contributed by atoms with Crippen LogP contribution < -0.4 is 10.6 Å². The van der Waals surface area contributed by atoms with Crippen LogP contribution in [0.25, 0.3) is 0 Å². The number of nitrogens with one attached hydrogen (secondary N) is 2. The fourth-order valence-corrected chi connectivity index (χ4v) is 1.69. The lowest BCUT2D eigenvalue weighted by molar-refractivity contribution is -0.134. The number of hydrogen-bond donors (Lipinski definition) is 2. The highest BCUT2D eigenvalue weighted by Crippen LogP contribution is 2.09. The Morgan fingerprint density at radius 1 is 1.62 bits per heavy atom. The molecule has 1 rings (SSSR count). The monoisotopic (exact) mass is 229 g/mol. The molecule has 1 fully saturated rings. The van der Waals surface area contributed by atoms with Gasteiger partial charge in [-0.05, 0) is 13.5 Å². The average molecular weight is 229 g/mol. The van der Waals surface area contributed by atoms with Crippen LogP contribution in [0.2, 0.25) is 0 Å². The number of likely N-dealkylation sites (tertiary alicyclic amines) is 1. The van der Waals surface area contributed by atoms with Gasteiger partial charge >= 0.3 is 0 Å². The van der Waals surface area contributed by atoms with Gasteiger partial charge in [-0.3, -0.25) is 9.59 Å². The van der Waals surface area contributed by atoms with Gasteiger partial charge in [-0.25, -0.2) is 0 Å². The molecular formula is C10H19N3O3. The first-order chi connectivity index (χ1) is 7.69. The van der Waals surface area contributed by atoms with Crippen LogP contribution in [0.15, 0.2) is 0 Å². The summed E-state index contributed by atoms with van der Waals surface area (Å²) in [5, 5.41) is 5.61. The SMILES string of the molecule is CNC1CCN(CC(=O)NCCOC)C1=O. The zero-order valence-corrected chi connectivity index (χ0v) is 9.78. The maximum absolute atomic E-state index is 11.7. The summed E-state index contributed by atoms with van der Waals surface area (Å²) >= 11 is 0. The molecule has 6 heteroatoms. The highest BCUT2D eigenvalue weighted by atomic mass is 16.5. The third-order valence-corrected chi connectivity index (χ3v) is 2.61. The summed E-state index contributed by atoms with van der Waals surface area (Å²) < 4.78 is 4.81. The molecule has 2 N–H and O–H groups in total. The number of carbonyl (C=O) groups excluding carboxylic acids is 2. The van der Waals surface area contributed by atoms with E-state index in [1.807, 2.05) is 0 Å². The van der Waals surface area contributed by atoms with Crippen molar-refractivity contribution >= 4 is 11.8 Å². The van der Waals surface area contributed by atoms with E-state index in [2.05, 4.69) is 10.6 Å². The van der Waals surface area contributed by atoms with Gasteiger partial charge < -0.3 is 20.3 Å². The predicted molar refractivity (Wildman–Crippen MR) is 58.9 cm³/mol. The highest BCUT2D eigenvalue weighted by Gasteiger charge is 2.31. The van der Waals surface area contributed by atoms with Gasteiger partial charge in [0.2, 0.25) is 11.8 Å². The smallest absolute Gasteiger partial charge is 0.240 e. The van der Waals surface area contributed by atoms with Gasteiger partial charge in [-0.15, -0.1) is 0 Å². The fraction of sp³-hybridized carbons (Fsp3) is 0.800. The van der Waals surface area contributed by atoms with Gasteiger partial charge in [0.1, 0.15) is 0 Å². The Hall–Kier alpha value is -1.14. The molecule has 6 nitrogen and oxygen atoms in total. The number of hydrogen-bond acceptors (Lipinski definition) is 4. The van der Waals surface area contributed by atoms with E-state index in [1.165, 1.54) is 0 Å². The van der Waals surface area contributed by atoms with Crippen molar-refractivity contribution in [3.05, 3.63) is 0 Å². The van der Waals surface area contributed by atoms with E-state index < -0.39 is 0 Å². The zero-order valence-electron chi connectivity index (χ0n) is 9.78. The maximum Gasteiger partial charge on any atom is 0.240 e. The van der Waals surface area contributed by atoms with E-state index >= 15 is 0 Å². The Kier molecular flexibility index (Phi) is 5.21. The predicted octanol–water partition coefficient (Wildman–Crippen LogP) is -1.43. The lowest BCUT2D eigenvalue weighted by Gasteiger charge is -2.15. The first-order valence-corrected chi connectivity index (χ1v) is 5.40. The number of rotatable bonds is 6. The third kappa shape index (κ3) is 3.46. The number of amides is 2. The Labute approximate surface area is 95.3 Å². The fourth-order valence-electron chi connectivity index (χ4n) is 1.69. The van der Waals surface area contributed by atoms with Gasteiger partial charge in [0.05, 0.1) is 19.2 Å². The van der Waals surface area contributed by atoms with Crippen LogP contribution in [0.3, 0.4) is 0 Å². The van der Waals surface area contributed by atoms with E-state index in [9.17, 15) is 9.59 Å². The van der Waals surface area contributed by atoms with Crippen molar-refractivity contribution in [2.75, 3.05) is 40.4 Å². The van der Waals surface area contributed by atoms with E-state index in [1.54, 1.807) is 19.1 Å². The molecule has 92 valence electrons. The Morgan fingerprint density at radius 2 is 2.38 bits per heavy atom. The lowest BCUT2D eigenvalue weighted by Crippen LogP contribution is -2.42. The number of ether oxygens (including phenoxy) is 1. The van der Waals surface area contributed by atoms with Gasteiger partial charge in [-0.1, -0.05) is 0 Å². The third-order valence-electron chi connectivity index (χ3n) is 2.61. The Morgan fingerprint density at radius 3 is 2.94 bits per heavy atom. The normalized spacial score (nSPS) is 20.2. The number of likely N-dealkylation sites (N-methyl/N-ethyl adjacent to an activating group) is 1. The number of carbonyl (C=O) groups is 2. The molecule has 1 aliphatic heterocycles. The molecule has 0 aromatic heterocycles. The van der Waals surface area contributed by atoms with E-state index in [-0.39, 0.29) is 24.4 Å². The Balaban J connectivity index is 2.27.